The summed E-state index contributed by atoms with van der Waals surface area (Å²) in [6.45, 7) is 4.46. The van der Waals surface area contributed by atoms with E-state index in [0.717, 1.165) is 199 Å². The highest BCUT2D eigenvalue weighted by Crippen LogP contribution is 2.45. The van der Waals surface area contributed by atoms with E-state index in [-0.39, 0.29) is 25.7 Å². The summed E-state index contributed by atoms with van der Waals surface area (Å²) in [5.41, 5.74) is 0. The lowest BCUT2D eigenvalue weighted by Gasteiger charge is -2.21. The van der Waals surface area contributed by atoms with Gasteiger partial charge >= 0.3 is 39.5 Å². The molecule has 0 amide bonds. The number of hydrogen-bond donors (Lipinski definition) is 3. The Morgan fingerprint density at radius 2 is 0.540 bits per heavy atom. The lowest BCUT2D eigenvalue weighted by atomic mass is 10.1. The number of carbonyl (C=O) groups is 4. The molecule has 19 heteroatoms. The topological polar surface area (TPSA) is 237 Å². The molecule has 0 aromatic rings. The van der Waals surface area contributed by atoms with Gasteiger partial charge in [0, 0.05) is 25.7 Å². The first-order valence-corrected chi connectivity index (χ1v) is 41.4. The van der Waals surface area contributed by atoms with Gasteiger partial charge in [-0.2, -0.15) is 0 Å². The van der Waals surface area contributed by atoms with Crippen molar-refractivity contribution in [2.45, 2.75) is 316 Å². The third-order valence-electron chi connectivity index (χ3n) is 15.6. The van der Waals surface area contributed by atoms with Crippen molar-refractivity contribution in [3.63, 3.8) is 0 Å². The third-order valence-corrected chi connectivity index (χ3v) is 17.5. The maximum atomic E-state index is 13.1. The van der Waals surface area contributed by atoms with Crippen molar-refractivity contribution in [3.8, 4) is 0 Å². The SMILES string of the molecule is CC/C=C\C/C=C\C/C=C\C/C=C\CCCCC(=O)OCC(COP(=O)(O)OCC(O)COP(=O)(O)OCC(COC(=O)CCCCCCCCC/C=C\C/C=C\C/C=C\CC)OC(=O)CCCCCCC/C=C\C/C=C\CCCCC)OC(=O)CCCCCCC/C=C\C/C=C\CCC. The Morgan fingerprint density at radius 3 is 0.860 bits per heavy atom. The Morgan fingerprint density at radius 1 is 0.290 bits per heavy atom. The number of esters is 4. The molecule has 0 aromatic carbocycles. The molecular weight excluding hydrogens is 1310 g/mol. The van der Waals surface area contributed by atoms with Gasteiger partial charge in [0.15, 0.2) is 12.2 Å². The number of unbranched alkanes of at least 4 members (excludes halogenated alkanes) is 23. The molecule has 5 atom stereocenters. The summed E-state index contributed by atoms with van der Waals surface area (Å²) in [7, 11) is -9.98. The van der Waals surface area contributed by atoms with Crippen molar-refractivity contribution >= 4 is 39.5 Å². The molecule has 0 aliphatic heterocycles. The van der Waals surface area contributed by atoms with Gasteiger partial charge in [0.2, 0.25) is 0 Å². The Labute approximate surface area is 605 Å². The number of aliphatic hydroxyl groups excluding tert-OH is 1. The van der Waals surface area contributed by atoms with E-state index in [9.17, 15) is 43.2 Å². The second kappa shape index (κ2) is 72.5. The number of allylic oxidation sites excluding steroid dienone is 22. The van der Waals surface area contributed by atoms with E-state index in [2.05, 4.69) is 161 Å². The number of carbonyl (C=O) groups excluding carboxylic acids is 4. The first-order valence-electron chi connectivity index (χ1n) is 38.4. The van der Waals surface area contributed by atoms with Gasteiger partial charge in [-0.3, -0.25) is 37.3 Å². The van der Waals surface area contributed by atoms with Crippen LogP contribution in [0.5, 0.6) is 0 Å². The highest BCUT2D eigenvalue weighted by atomic mass is 31.2. The van der Waals surface area contributed by atoms with E-state index < -0.39 is 97.5 Å². The van der Waals surface area contributed by atoms with Crippen molar-refractivity contribution in [3.05, 3.63) is 134 Å². The fraction of sp³-hybridized carbons (Fsp3) is 0.679. The Hall–Kier alpha value is -4.80. The fourth-order valence-corrected chi connectivity index (χ4v) is 11.3. The van der Waals surface area contributed by atoms with Crippen LogP contribution in [0, 0.1) is 0 Å². The second-order valence-corrected chi connectivity index (χ2v) is 28.1. The predicted octanol–water partition coefficient (Wildman–Crippen LogP) is 22.1. The number of phosphoric ester groups is 2. The molecule has 0 radical (unpaired) electrons. The first kappa shape index (κ1) is 95.2. The molecule has 0 fully saturated rings. The van der Waals surface area contributed by atoms with Crippen LogP contribution in [0.4, 0.5) is 0 Å². The van der Waals surface area contributed by atoms with Crippen LogP contribution in [0.1, 0.15) is 297 Å². The third kappa shape index (κ3) is 71.6. The first-order chi connectivity index (χ1) is 48.7. The van der Waals surface area contributed by atoms with Crippen molar-refractivity contribution in [1.29, 1.82) is 0 Å². The molecular formula is C81H136O17P2. The molecule has 17 nitrogen and oxygen atoms in total. The molecule has 0 aromatic heterocycles. The lowest BCUT2D eigenvalue weighted by Crippen LogP contribution is -2.30. The standard InChI is InChI=1S/C81H136O17P2/c1-5-9-13-17-21-25-29-33-36-37-40-43-46-50-54-58-62-66-79(84)92-72-77(98-81(86)68-64-60-56-52-48-44-39-35-31-27-23-19-15-11-7-3)74-96-100(89,90)94-70-75(82)69-93-99(87,88)95-73-76(97-80(85)67-63-59-55-51-47-41-32-28-24-20-16-12-8-4)71-91-78(83)65-61-57-53-49-45-42-38-34-30-26-22-18-14-10-6-2/h9-10,13-14,16,20-23,25-28,32-36,38-39,45,49,75-77,82H,5-8,11-12,15,17-19,24,29-31,37,40-44,46-48,50-74H2,1-4H3,(H,87,88)(H,89,90)/b13-9-,14-10-,20-16-,25-21-,26-22-,27-23-,32-28-,36-33-,38-34-,39-35-,49-45-. The molecule has 0 aliphatic rings. The van der Waals surface area contributed by atoms with Crippen LogP contribution in [0.25, 0.3) is 0 Å². The second-order valence-electron chi connectivity index (χ2n) is 25.2. The van der Waals surface area contributed by atoms with Crippen LogP contribution in [-0.2, 0) is 65.4 Å². The molecule has 0 aliphatic carbocycles. The summed E-state index contributed by atoms with van der Waals surface area (Å²) in [5.74, 6) is -2.27. The lowest BCUT2D eigenvalue weighted by molar-refractivity contribution is -0.161. The molecule has 0 spiro atoms. The van der Waals surface area contributed by atoms with Crippen LogP contribution >= 0.6 is 15.6 Å². The Balaban J connectivity index is 5.41. The van der Waals surface area contributed by atoms with Gasteiger partial charge in [-0.25, -0.2) is 9.13 Å². The maximum Gasteiger partial charge on any atom is 0.472 e. The summed E-state index contributed by atoms with van der Waals surface area (Å²) in [6, 6.07) is 0. The molecule has 100 heavy (non-hydrogen) atoms. The van der Waals surface area contributed by atoms with Gasteiger partial charge in [0.25, 0.3) is 0 Å². The van der Waals surface area contributed by atoms with Crippen molar-refractivity contribution in [2.24, 2.45) is 0 Å². The number of ether oxygens (including phenoxy) is 4. The summed E-state index contributed by atoms with van der Waals surface area (Å²) in [5, 5.41) is 10.6. The van der Waals surface area contributed by atoms with E-state index in [0.29, 0.717) is 25.7 Å². The minimum atomic E-state index is -4.99. The molecule has 0 heterocycles. The zero-order valence-electron chi connectivity index (χ0n) is 62.3. The van der Waals surface area contributed by atoms with E-state index in [1.165, 1.54) is 19.3 Å². The molecule has 0 rings (SSSR count). The summed E-state index contributed by atoms with van der Waals surface area (Å²) < 4.78 is 68.4. The monoisotopic (exact) mass is 1440 g/mol. The van der Waals surface area contributed by atoms with Crippen LogP contribution in [-0.4, -0.2) is 96.7 Å². The predicted molar refractivity (Wildman–Crippen MR) is 408 cm³/mol. The van der Waals surface area contributed by atoms with Crippen molar-refractivity contribution < 1.29 is 80.2 Å². The van der Waals surface area contributed by atoms with E-state index >= 15 is 0 Å². The normalized spacial score (nSPS) is 14.7. The average molecular weight is 1440 g/mol. The number of aliphatic hydroxyl groups is 1. The van der Waals surface area contributed by atoms with Crippen molar-refractivity contribution in [1.82, 2.24) is 0 Å². The van der Waals surface area contributed by atoms with E-state index in [1.807, 2.05) is 0 Å². The van der Waals surface area contributed by atoms with Gasteiger partial charge in [-0.1, -0.05) is 251 Å². The molecule has 5 unspecified atom stereocenters. The summed E-state index contributed by atoms with van der Waals surface area (Å²) >= 11 is 0. The number of hydrogen-bond acceptors (Lipinski definition) is 15. The smallest absolute Gasteiger partial charge is 0.462 e. The largest absolute Gasteiger partial charge is 0.472 e. The summed E-state index contributed by atoms with van der Waals surface area (Å²) in [6.07, 6.45) is 80.1. The fourth-order valence-electron chi connectivity index (χ4n) is 9.76. The minimum absolute atomic E-state index is 0.0661. The van der Waals surface area contributed by atoms with Crippen LogP contribution in [0.3, 0.4) is 0 Å². The molecule has 0 bridgehead atoms. The minimum Gasteiger partial charge on any atom is -0.462 e. The Bertz CT molecular complexity index is 2420. The van der Waals surface area contributed by atoms with Crippen molar-refractivity contribution in [2.75, 3.05) is 39.6 Å². The van der Waals surface area contributed by atoms with Gasteiger partial charge in [0.05, 0.1) is 26.4 Å². The van der Waals surface area contributed by atoms with Gasteiger partial charge in [-0.05, 0) is 154 Å². The highest BCUT2D eigenvalue weighted by Gasteiger charge is 2.30. The van der Waals surface area contributed by atoms with Crippen LogP contribution in [0.2, 0.25) is 0 Å². The molecule has 572 valence electrons. The zero-order chi connectivity index (χ0) is 73.2. The molecule has 3 N–H and O–H groups in total. The van der Waals surface area contributed by atoms with Gasteiger partial charge < -0.3 is 33.8 Å². The van der Waals surface area contributed by atoms with Crippen LogP contribution in [0.15, 0.2) is 134 Å². The number of phosphoric acid groups is 2. The van der Waals surface area contributed by atoms with Crippen LogP contribution < -0.4 is 0 Å². The summed E-state index contributed by atoms with van der Waals surface area (Å²) in [4.78, 5) is 72.9. The highest BCUT2D eigenvalue weighted by molar-refractivity contribution is 7.47. The van der Waals surface area contributed by atoms with E-state index in [1.54, 1.807) is 0 Å². The molecule has 0 saturated heterocycles. The quantitative estimate of drug-likeness (QED) is 0.0169. The van der Waals surface area contributed by atoms with Gasteiger partial charge in [-0.15, -0.1) is 0 Å². The average Bonchev–Trinajstić information content (AvgIpc) is 0.937. The zero-order valence-corrected chi connectivity index (χ0v) is 64.1. The maximum absolute atomic E-state index is 13.1. The Kier molecular flexibility index (Phi) is 69.1. The van der Waals surface area contributed by atoms with Gasteiger partial charge in [0.1, 0.15) is 19.3 Å². The van der Waals surface area contributed by atoms with E-state index in [4.69, 9.17) is 37.0 Å². The molecule has 0 saturated carbocycles. The number of rotatable bonds is 71.